The van der Waals surface area contributed by atoms with Crippen molar-refractivity contribution < 1.29 is 37.3 Å². The van der Waals surface area contributed by atoms with Gasteiger partial charge in [0.15, 0.2) is 0 Å². The maximum Gasteiger partial charge on any atom is 0.306 e. The summed E-state index contributed by atoms with van der Waals surface area (Å²) in [6.45, 7) is 6.71. The van der Waals surface area contributed by atoms with Gasteiger partial charge in [-0.3, -0.25) is 14.2 Å². The van der Waals surface area contributed by atoms with Crippen LogP contribution in [-0.2, 0) is 27.9 Å². The number of likely N-dealkylation sites (N-methyl/N-ethyl adjacent to an activating group) is 1. The van der Waals surface area contributed by atoms with Crippen molar-refractivity contribution in [3.63, 3.8) is 0 Å². The molecule has 430 valence electrons. The van der Waals surface area contributed by atoms with Crippen molar-refractivity contribution in [2.75, 3.05) is 40.9 Å². The lowest BCUT2D eigenvalue weighted by atomic mass is 10.0. The first-order valence-electron chi connectivity index (χ1n) is 30.2. The largest absolute Gasteiger partial charge is 0.756 e. The van der Waals surface area contributed by atoms with Crippen LogP contribution in [0.15, 0.2) is 109 Å². The Kier molecular flexibility index (Phi) is 51.6. The summed E-state index contributed by atoms with van der Waals surface area (Å²) in [6.07, 6.45) is 73.4. The van der Waals surface area contributed by atoms with Gasteiger partial charge in [-0.05, 0) is 115 Å². The Morgan fingerprint density at radius 2 is 0.827 bits per heavy atom. The summed E-state index contributed by atoms with van der Waals surface area (Å²) in [5.41, 5.74) is 0. The fourth-order valence-electron chi connectivity index (χ4n) is 7.97. The molecule has 1 amide bonds. The summed E-state index contributed by atoms with van der Waals surface area (Å²) < 4.78 is 30.2. The Balaban J connectivity index is 5.49. The fourth-order valence-corrected chi connectivity index (χ4v) is 8.69. The number of nitrogens with one attached hydrogen (secondary N) is 1. The molecule has 0 radical (unpaired) electrons. The van der Waals surface area contributed by atoms with Gasteiger partial charge in [0.1, 0.15) is 19.3 Å². The molecule has 9 nitrogen and oxygen atoms in total. The average molecular weight is 1070 g/mol. The van der Waals surface area contributed by atoms with Gasteiger partial charge in [0.25, 0.3) is 7.82 Å². The SMILES string of the molecule is CCCCC/C=C\C/C=C\C/C=C\C/C=C\CCCCCC(=O)OC(/C=C/CCCCCCCCCCCCC)C(COP(=O)([O-])OCC[N+](C)(C)C)NC(=O)CCC/C=C\C/C=C\C/C=C\C/C=C\CCCCC. The smallest absolute Gasteiger partial charge is 0.306 e. The van der Waals surface area contributed by atoms with Gasteiger partial charge in [0, 0.05) is 12.8 Å². The molecule has 3 unspecified atom stereocenters. The van der Waals surface area contributed by atoms with E-state index in [0.29, 0.717) is 23.9 Å². The Hall–Kier alpha value is -3.33. The summed E-state index contributed by atoms with van der Waals surface area (Å²) in [5, 5.41) is 2.98. The van der Waals surface area contributed by atoms with Crippen molar-refractivity contribution in [1.82, 2.24) is 5.32 Å². The molecule has 0 saturated carbocycles. The van der Waals surface area contributed by atoms with Crippen molar-refractivity contribution in [3.05, 3.63) is 109 Å². The molecular weight excluding hydrogens is 952 g/mol. The van der Waals surface area contributed by atoms with E-state index in [-0.39, 0.29) is 31.3 Å². The van der Waals surface area contributed by atoms with Crippen LogP contribution in [0.3, 0.4) is 0 Å². The fraction of sp³-hybridized carbons (Fsp3) is 0.692. The molecule has 75 heavy (non-hydrogen) atoms. The minimum atomic E-state index is -4.73. The molecule has 0 heterocycles. The Morgan fingerprint density at radius 3 is 1.27 bits per heavy atom. The highest BCUT2D eigenvalue weighted by atomic mass is 31.2. The molecular formula is C65H113N2O7P. The molecule has 0 spiro atoms. The molecule has 0 aliphatic carbocycles. The van der Waals surface area contributed by atoms with Crippen LogP contribution in [0.5, 0.6) is 0 Å². The van der Waals surface area contributed by atoms with Crippen LogP contribution in [0.4, 0.5) is 0 Å². The number of rotatable bonds is 53. The van der Waals surface area contributed by atoms with E-state index in [1.807, 2.05) is 27.2 Å². The lowest BCUT2D eigenvalue weighted by Crippen LogP contribution is -2.47. The summed E-state index contributed by atoms with van der Waals surface area (Å²) in [6, 6.07) is -0.937. The minimum Gasteiger partial charge on any atom is -0.756 e. The van der Waals surface area contributed by atoms with E-state index in [1.54, 1.807) is 6.08 Å². The number of phosphoric acid groups is 1. The third-order valence-electron chi connectivity index (χ3n) is 12.7. The van der Waals surface area contributed by atoms with E-state index in [1.165, 1.54) is 109 Å². The van der Waals surface area contributed by atoms with E-state index < -0.39 is 26.6 Å². The quantitative estimate of drug-likeness (QED) is 0.0212. The van der Waals surface area contributed by atoms with Crippen LogP contribution in [-0.4, -0.2) is 69.4 Å². The molecule has 0 fully saturated rings. The number of phosphoric ester groups is 1. The number of amides is 1. The Labute approximate surface area is 461 Å². The highest BCUT2D eigenvalue weighted by Crippen LogP contribution is 2.38. The number of hydrogen-bond acceptors (Lipinski definition) is 7. The molecule has 3 atom stereocenters. The summed E-state index contributed by atoms with van der Waals surface area (Å²) in [5.74, 6) is -0.649. The zero-order valence-electron chi connectivity index (χ0n) is 49.0. The highest BCUT2D eigenvalue weighted by Gasteiger charge is 2.27. The number of unbranched alkanes of at least 4 members (excludes halogenated alkanes) is 21. The summed E-state index contributed by atoms with van der Waals surface area (Å²) in [4.78, 5) is 39.9. The Morgan fingerprint density at radius 1 is 0.467 bits per heavy atom. The van der Waals surface area contributed by atoms with Gasteiger partial charge in [0.2, 0.25) is 5.91 Å². The second-order valence-corrected chi connectivity index (χ2v) is 22.6. The van der Waals surface area contributed by atoms with Gasteiger partial charge in [-0.1, -0.05) is 220 Å². The number of esters is 1. The number of quaternary nitrogens is 1. The molecule has 10 heteroatoms. The predicted octanol–water partition coefficient (Wildman–Crippen LogP) is 17.9. The van der Waals surface area contributed by atoms with Crippen molar-refractivity contribution in [3.8, 4) is 0 Å². The predicted molar refractivity (Wildman–Crippen MR) is 320 cm³/mol. The van der Waals surface area contributed by atoms with E-state index >= 15 is 0 Å². The van der Waals surface area contributed by atoms with Crippen LogP contribution in [0.2, 0.25) is 0 Å². The number of hydrogen-bond donors (Lipinski definition) is 1. The van der Waals surface area contributed by atoms with Crippen LogP contribution >= 0.6 is 7.82 Å². The minimum absolute atomic E-state index is 0.0432. The summed E-state index contributed by atoms with van der Waals surface area (Å²) >= 11 is 0. The standard InChI is InChI=1S/C65H113N2O7P/c1-7-10-13-16-19-22-25-28-30-32-33-35-37-40-43-46-49-52-55-58-65(69)74-63(56-53-50-47-44-41-38-27-24-21-18-15-12-9-3)62(61-73-75(70,71)72-60-59-67(4,5)6)66-64(68)57-54-51-48-45-42-39-36-34-31-29-26-23-20-17-14-11-8-2/h19-20,22-23,28-31,33,35-36,39-40,43,45,48,53,56,62-63H,7-18,21,24-27,32,34,37-38,41-42,44,46-47,49-52,54-55,57-61H2,1-6H3,(H-,66,68,70,71)/b22-19-,23-20-,30-28-,31-29-,35-33-,39-36-,43-40-,48-45-,56-53+. The first-order chi connectivity index (χ1) is 36.4. The highest BCUT2D eigenvalue weighted by molar-refractivity contribution is 7.45. The Bertz CT molecular complexity index is 1650. The molecule has 0 aromatic rings. The molecule has 0 saturated heterocycles. The molecule has 0 bridgehead atoms. The summed E-state index contributed by atoms with van der Waals surface area (Å²) in [7, 11) is 1.12. The molecule has 0 aliphatic rings. The number of ether oxygens (including phenoxy) is 1. The van der Waals surface area contributed by atoms with E-state index in [2.05, 4.69) is 123 Å². The van der Waals surface area contributed by atoms with Crippen LogP contribution in [0.25, 0.3) is 0 Å². The average Bonchev–Trinajstić information content (AvgIpc) is 3.37. The first kappa shape index (κ1) is 71.7. The van der Waals surface area contributed by atoms with Crippen LogP contribution in [0, 0.1) is 0 Å². The van der Waals surface area contributed by atoms with Crippen molar-refractivity contribution in [1.29, 1.82) is 0 Å². The number of allylic oxidation sites excluding steroid dienone is 17. The van der Waals surface area contributed by atoms with Gasteiger partial charge >= 0.3 is 5.97 Å². The molecule has 0 aromatic heterocycles. The molecule has 0 aromatic carbocycles. The van der Waals surface area contributed by atoms with E-state index in [0.717, 1.165) is 83.5 Å². The third kappa shape index (κ3) is 55.2. The normalized spacial score (nSPS) is 14.5. The topological polar surface area (TPSA) is 114 Å². The van der Waals surface area contributed by atoms with Crippen LogP contribution in [0.1, 0.15) is 239 Å². The maximum absolute atomic E-state index is 13.5. The lowest BCUT2D eigenvalue weighted by Gasteiger charge is -2.30. The number of nitrogens with zero attached hydrogens (tertiary/aromatic N) is 1. The number of carbonyl (C=O) groups is 2. The second kappa shape index (κ2) is 54.0. The number of carbonyl (C=O) groups excluding carboxylic acids is 2. The molecule has 1 N–H and O–H groups in total. The van der Waals surface area contributed by atoms with Crippen molar-refractivity contribution >= 4 is 19.7 Å². The van der Waals surface area contributed by atoms with Gasteiger partial charge in [-0.15, -0.1) is 0 Å². The van der Waals surface area contributed by atoms with Crippen molar-refractivity contribution in [2.45, 2.75) is 251 Å². The zero-order valence-corrected chi connectivity index (χ0v) is 49.9. The van der Waals surface area contributed by atoms with E-state index in [9.17, 15) is 19.0 Å². The van der Waals surface area contributed by atoms with Gasteiger partial charge in [-0.2, -0.15) is 0 Å². The van der Waals surface area contributed by atoms with Crippen LogP contribution < -0.4 is 10.2 Å². The van der Waals surface area contributed by atoms with Gasteiger partial charge < -0.3 is 28.5 Å². The van der Waals surface area contributed by atoms with Crippen molar-refractivity contribution in [2.24, 2.45) is 0 Å². The lowest BCUT2D eigenvalue weighted by molar-refractivity contribution is -0.870. The molecule has 0 aliphatic heterocycles. The maximum atomic E-state index is 13.5. The molecule has 0 rings (SSSR count). The second-order valence-electron chi connectivity index (χ2n) is 21.1. The third-order valence-corrected chi connectivity index (χ3v) is 13.6. The van der Waals surface area contributed by atoms with Gasteiger partial charge in [-0.25, -0.2) is 0 Å². The zero-order chi connectivity index (χ0) is 55.0. The van der Waals surface area contributed by atoms with E-state index in [4.69, 9.17) is 13.8 Å². The monoisotopic (exact) mass is 1060 g/mol. The first-order valence-corrected chi connectivity index (χ1v) is 31.7. The van der Waals surface area contributed by atoms with Gasteiger partial charge in [0.05, 0.1) is 33.8 Å².